The number of carboxylic acid groups (broad SMARTS) is 1. The first-order chi connectivity index (χ1) is 11.2. The first-order valence-electron chi connectivity index (χ1n) is 6.91. The number of nitrogens with zero attached hydrogens (tertiary/aromatic N) is 3. The molecular formula is C16H12N4O3. The van der Waals surface area contributed by atoms with E-state index in [0.29, 0.717) is 5.39 Å². The number of H-pyrrole nitrogens is 1. The van der Waals surface area contributed by atoms with Gasteiger partial charge in [-0.05, 0) is 36.4 Å². The third-order valence-electron chi connectivity index (χ3n) is 3.81. The molecule has 0 fully saturated rings. The van der Waals surface area contributed by atoms with Crippen LogP contribution < -0.4 is 4.74 Å². The van der Waals surface area contributed by atoms with E-state index >= 15 is 0 Å². The van der Waals surface area contributed by atoms with Crippen LogP contribution in [0.25, 0.3) is 27.5 Å². The Hall–Kier alpha value is -3.35. The van der Waals surface area contributed by atoms with E-state index in [0.717, 1.165) is 27.9 Å². The fourth-order valence-electron chi connectivity index (χ4n) is 2.72. The molecule has 2 heterocycles. The number of benzene rings is 2. The second-order valence-corrected chi connectivity index (χ2v) is 5.06. The smallest absolute Gasteiger partial charge is 0.354 e. The van der Waals surface area contributed by atoms with Crippen molar-refractivity contribution >= 4 is 27.8 Å². The maximum absolute atomic E-state index is 11.5. The third kappa shape index (κ3) is 1.94. The van der Waals surface area contributed by atoms with Gasteiger partial charge in [-0.25, -0.2) is 4.79 Å². The molecule has 0 aliphatic heterocycles. The summed E-state index contributed by atoms with van der Waals surface area (Å²) in [5.74, 6) is -0.292. The highest BCUT2D eigenvalue weighted by molar-refractivity contribution is 6.11. The molecule has 2 N–H and O–H groups in total. The Morgan fingerprint density at radius 3 is 2.65 bits per heavy atom. The molecule has 0 aliphatic rings. The van der Waals surface area contributed by atoms with Crippen molar-refractivity contribution in [1.82, 2.24) is 20.0 Å². The molecule has 0 saturated heterocycles. The summed E-state index contributed by atoms with van der Waals surface area (Å²) < 4.78 is 6.89. The third-order valence-corrected chi connectivity index (χ3v) is 3.81. The molecule has 0 aliphatic carbocycles. The fraction of sp³-hybridized carbons (Fsp3) is 0.0625. The van der Waals surface area contributed by atoms with Gasteiger partial charge in [0.25, 0.3) is 0 Å². The first-order valence-corrected chi connectivity index (χ1v) is 6.91. The zero-order chi connectivity index (χ0) is 16.0. The van der Waals surface area contributed by atoms with Crippen molar-refractivity contribution in [3.8, 4) is 11.4 Å². The van der Waals surface area contributed by atoms with Crippen molar-refractivity contribution in [2.75, 3.05) is 7.11 Å². The lowest BCUT2D eigenvalue weighted by Crippen LogP contribution is -2.01. The van der Waals surface area contributed by atoms with E-state index in [1.54, 1.807) is 30.1 Å². The second kappa shape index (κ2) is 4.84. The van der Waals surface area contributed by atoms with Crippen LogP contribution >= 0.6 is 0 Å². The number of carboxylic acids is 1. The van der Waals surface area contributed by atoms with Crippen LogP contribution in [0.15, 0.2) is 42.6 Å². The molecular weight excluding hydrogens is 296 g/mol. The Morgan fingerprint density at radius 2 is 1.96 bits per heavy atom. The van der Waals surface area contributed by atoms with Crippen molar-refractivity contribution < 1.29 is 14.6 Å². The lowest BCUT2D eigenvalue weighted by molar-refractivity contribution is 0.0692. The van der Waals surface area contributed by atoms with Gasteiger partial charge in [0.2, 0.25) is 0 Å². The first kappa shape index (κ1) is 13.3. The maximum Gasteiger partial charge on any atom is 0.354 e. The summed E-state index contributed by atoms with van der Waals surface area (Å²) in [7, 11) is 1.60. The van der Waals surface area contributed by atoms with Gasteiger partial charge in [-0.1, -0.05) is 0 Å². The van der Waals surface area contributed by atoms with Crippen LogP contribution in [0, 0.1) is 0 Å². The number of aromatic nitrogens is 4. The number of methoxy groups -OCH3 is 1. The van der Waals surface area contributed by atoms with Crippen LogP contribution in [0.2, 0.25) is 0 Å². The number of fused-ring (bicyclic) bond motifs is 3. The van der Waals surface area contributed by atoms with Crippen molar-refractivity contribution in [2.45, 2.75) is 0 Å². The van der Waals surface area contributed by atoms with Gasteiger partial charge >= 0.3 is 5.97 Å². The molecule has 7 heteroatoms. The molecule has 0 radical (unpaired) electrons. The molecule has 0 spiro atoms. The standard InChI is InChI=1S/C16H12N4O3/c1-23-10-4-2-9(3-5-10)20-15-11(14(19-20)16(21)22)6-7-13-12(15)8-17-18-13/h2-8,19H,1H3,(H,21,22). The molecule has 23 heavy (non-hydrogen) atoms. The number of nitrogens with one attached hydrogen (secondary N) is 1. The van der Waals surface area contributed by atoms with Crippen LogP contribution in [0.1, 0.15) is 10.5 Å². The number of hydrogen-bond acceptors (Lipinski definition) is 4. The van der Waals surface area contributed by atoms with Crippen molar-refractivity contribution in [2.24, 2.45) is 0 Å². The summed E-state index contributed by atoms with van der Waals surface area (Å²) in [5.41, 5.74) is 2.36. The monoisotopic (exact) mass is 308 g/mol. The van der Waals surface area contributed by atoms with E-state index < -0.39 is 5.97 Å². The van der Waals surface area contributed by atoms with Crippen molar-refractivity contribution in [3.63, 3.8) is 0 Å². The highest BCUT2D eigenvalue weighted by Crippen LogP contribution is 2.29. The number of carbonyl (C=O) groups is 1. The molecule has 0 saturated carbocycles. The van der Waals surface area contributed by atoms with E-state index in [-0.39, 0.29) is 5.69 Å². The number of rotatable bonds is 3. The minimum Gasteiger partial charge on any atom is -0.497 e. The van der Waals surface area contributed by atoms with Gasteiger partial charge in [0.1, 0.15) is 11.4 Å². The van der Waals surface area contributed by atoms with Gasteiger partial charge in [-0.3, -0.25) is 9.78 Å². The Bertz CT molecular complexity index is 1030. The number of ether oxygens (including phenoxy) is 1. The number of aromatic carboxylic acids is 1. The average Bonchev–Trinajstić information content (AvgIpc) is 3.18. The zero-order valence-electron chi connectivity index (χ0n) is 12.1. The van der Waals surface area contributed by atoms with Gasteiger partial charge in [0.05, 0.1) is 30.0 Å². The number of aromatic amines is 1. The molecule has 0 bridgehead atoms. The van der Waals surface area contributed by atoms with Gasteiger partial charge in [-0.15, -0.1) is 0 Å². The second-order valence-electron chi connectivity index (χ2n) is 5.06. The normalized spacial score (nSPS) is 11.2. The fourth-order valence-corrected chi connectivity index (χ4v) is 2.72. The van der Waals surface area contributed by atoms with E-state index in [9.17, 15) is 9.90 Å². The Morgan fingerprint density at radius 1 is 1.17 bits per heavy atom. The summed E-state index contributed by atoms with van der Waals surface area (Å²) >= 11 is 0. The predicted octanol–water partition coefficient (Wildman–Crippen LogP) is 2.61. The maximum atomic E-state index is 11.5. The number of hydrogen-bond donors (Lipinski definition) is 2. The van der Waals surface area contributed by atoms with Crippen molar-refractivity contribution in [1.29, 1.82) is 0 Å². The summed E-state index contributed by atoms with van der Waals surface area (Å²) in [6.45, 7) is 0. The Labute approximate surface area is 130 Å². The van der Waals surface area contributed by atoms with E-state index in [1.165, 1.54) is 0 Å². The SMILES string of the molecule is COc1ccc(-n2[nH]c(C(=O)O)c3ccc4nncc4c32)cc1. The minimum atomic E-state index is -1.02. The molecule has 4 aromatic rings. The predicted molar refractivity (Wildman–Crippen MR) is 84.2 cm³/mol. The largest absolute Gasteiger partial charge is 0.497 e. The van der Waals surface area contributed by atoms with Gasteiger partial charge in [0, 0.05) is 10.8 Å². The zero-order valence-corrected chi connectivity index (χ0v) is 12.1. The highest BCUT2D eigenvalue weighted by Gasteiger charge is 2.18. The molecule has 2 aromatic carbocycles. The van der Waals surface area contributed by atoms with Crippen molar-refractivity contribution in [3.05, 3.63) is 48.3 Å². The van der Waals surface area contributed by atoms with Crippen LogP contribution in [0.4, 0.5) is 0 Å². The molecule has 7 nitrogen and oxygen atoms in total. The summed E-state index contributed by atoms with van der Waals surface area (Å²) in [6.07, 6.45) is 1.64. The van der Waals surface area contributed by atoms with Crippen LogP contribution in [0.5, 0.6) is 5.75 Å². The molecule has 114 valence electrons. The minimum absolute atomic E-state index is 0.124. The van der Waals surface area contributed by atoms with E-state index in [4.69, 9.17) is 4.74 Å². The average molecular weight is 308 g/mol. The van der Waals surface area contributed by atoms with Crippen LogP contribution in [-0.2, 0) is 0 Å². The van der Waals surface area contributed by atoms with Gasteiger partial charge < -0.3 is 9.84 Å². The van der Waals surface area contributed by atoms with E-state index in [2.05, 4.69) is 15.3 Å². The van der Waals surface area contributed by atoms with Crippen LogP contribution in [0.3, 0.4) is 0 Å². The van der Waals surface area contributed by atoms with Gasteiger partial charge in [0.15, 0.2) is 0 Å². The highest BCUT2D eigenvalue weighted by atomic mass is 16.5. The molecule has 0 unspecified atom stereocenters. The summed E-state index contributed by atoms with van der Waals surface area (Å²) in [6, 6.07) is 10.8. The molecule has 0 atom stereocenters. The lowest BCUT2D eigenvalue weighted by atomic mass is 10.1. The summed E-state index contributed by atoms with van der Waals surface area (Å²) in [5, 5.41) is 21.8. The quantitative estimate of drug-likeness (QED) is 0.607. The van der Waals surface area contributed by atoms with Crippen LogP contribution in [-0.4, -0.2) is 38.2 Å². The van der Waals surface area contributed by atoms with Gasteiger partial charge in [-0.2, -0.15) is 10.2 Å². The lowest BCUT2D eigenvalue weighted by Gasteiger charge is -2.06. The Balaban J connectivity index is 2.07. The van der Waals surface area contributed by atoms with E-state index in [1.807, 2.05) is 24.3 Å². The topological polar surface area (TPSA) is 93.0 Å². The molecule has 2 aromatic heterocycles. The molecule has 4 rings (SSSR count). The molecule has 0 amide bonds. The Kier molecular flexibility index (Phi) is 2.80. The summed E-state index contributed by atoms with van der Waals surface area (Å²) in [4.78, 5) is 11.5.